The molecule has 0 aliphatic carbocycles. The summed E-state index contributed by atoms with van der Waals surface area (Å²) in [5.74, 6) is -1.04. The maximum Gasteiger partial charge on any atom is 0.306 e. The predicted octanol–water partition coefficient (Wildman–Crippen LogP) is 16.9. The number of allylic oxidation sites excluding steroid dienone is 20. The maximum atomic E-state index is 12.8. The number of carbonyl (C=O) groups excluding carboxylic acids is 3. The lowest BCUT2D eigenvalue weighted by molar-refractivity contribution is -0.167. The van der Waals surface area contributed by atoms with Gasteiger partial charge in [0.1, 0.15) is 13.2 Å². The summed E-state index contributed by atoms with van der Waals surface area (Å²) in [6.45, 7) is 6.27. The van der Waals surface area contributed by atoms with Gasteiger partial charge in [0.25, 0.3) is 0 Å². The fraction of sp³-hybridized carbons (Fsp3) is 0.603. The van der Waals surface area contributed by atoms with Crippen LogP contribution in [0.1, 0.15) is 207 Å². The molecule has 0 saturated heterocycles. The average molecular weight is 885 g/mol. The fourth-order valence-corrected chi connectivity index (χ4v) is 6.47. The van der Waals surface area contributed by atoms with Crippen molar-refractivity contribution in [2.45, 2.75) is 213 Å². The first-order valence-electron chi connectivity index (χ1n) is 25.6. The molecule has 0 aliphatic heterocycles. The van der Waals surface area contributed by atoms with Crippen LogP contribution in [0.15, 0.2) is 122 Å². The van der Waals surface area contributed by atoms with Crippen LogP contribution in [-0.2, 0) is 28.6 Å². The van der Waals surface area contributed by atoms with Gasteiger partial charge in [0.2, 0.25) is 0 Å². The molecule has 0 amide bonds. The van der Waals surface area contributed by atoms with Crippen LogP contribution in [0.2, 0.25) is 0 Å². The largest absolute Gasteiger partial charge is 0.462 e. The van der Waals surface area contributed by atoms with E-state index in [0.29, 0.717) is 19.3 Å². The Hall–Kier alpha value is -4.19. The molecule has 6 nitrogen and oxygen atoms in total. The Morgan fingerprint density at radius 3 is 1.20 bits per heavy atom. The Morgan fingerprint density at radius 2 is 0.703 bits per heavy atom. The summed E-state index contributed by atoms with van der Waals surface area (Å²) in [4.78, 5) is 37.9. The summed E-state index contributed by atoms with van der Waals surface area (Å²) in [7, 11) is 0. The van der Waals surface area contributed by atoms with Gasteiger partial charge in [-0.25, -0.2) is 0 Å². The van der Waals surface area contributed by atoms with Gasteiger partial charge in [0, 0.05) is 19.3 Å². The minimum absolute atomic E-state index is 0.121. The van der Waals surface area contributed by atoms with E-state index < -0.39 is 6.10 Å². The molecular weight excluding hydrogens is 793 g/mol. The molecule has 0 saturated carbocycles. The van der Waals surface area contributed by atoms with Crippen molar-refractivity contribution in [3.63, 3.8) is 0 Å². The maximum absolute atomic E-state index is 12.8. The van der Waals surface area contributed by atoms with Crippen LogP contribution < -0.4 is 0 Å². The topological polar surface area (TPSA) is 78.9 Å². The molecule has 0 spiro atoms. The quantitative estimate of drug-likeness (QED) is 0.0199. The van der Waals surface area contributed by atoms with E-state index in [4.69, 9.17) is 14.2 Å². The van der Waals surface area contributed by atoms with E-state index in [9.17, 15) is 14.4 Å². The number of esters is 3. The zero-order chi connectivity index (χ0) is 46.5. The van der Waals surface area contributed by atoms with Crippen LogP contribution >= 0.6 is 0 Å². The monoisotopic (exact) mass is 885 g/mol. The van der Waals surface area contributed by atoms with Crippen LogP contribution in [-0.4, -0.2) is 37.2 Å². The molecule has 360 valence electrons. The smallest absolute Gasteiger partial charge is 0.306 e. The third-order valence-corrected chi connectivity index (χ3v) is 10.3. The second-order valence-corrected chi connectivity index (χ2v) is 16.4. The van der Waals surface area contributed by atoms with Gasteiger partial charge in [-0.15, -0.1) is 0 Å². The van der Waals surface area contributed by atoms with Crippen molar-refractivity contribution < 1.29 is 28.6 Å². The number of unbranched alkanes of at least 4 members (excludes halogenated alkanes) is 16. The van der Waals surface area contributed by atoms with Gasteiger partial charge in [0.15, 0.2) is 6.10 Å². The third-order valence-electron chi connectivity index (χ3n) is 10.3. The van der Waals surface area contributed by atoms with Gasteiger partial charge in [-0.05, 0) is 103 Å². The van der Waals surface area contributed by atoms with Crippen molar-refractivity contribution in [3.8, 4) is 0 Å². The molecule has 0 bridgehead atoms. The number of ether oxygens (including phenoxy) is 3. The molecule has 64 heavy (non-hydrogen) atoms. The Morgan fingerprint density at radius 1 is 0.344 bits per heavy atom. The van der Waals surface area contributed by atoms with Gasteiger partial charge in [-0.3, -0.25) is 14.4 Å². The summed E-state index contributed by atoms with van der Waals surface area (Å²) < 4.78 is 16.7. The molecule has 0 aliphatic rings. The Balaban J connectivity index is 4.57. The number of carbonyl (C=O) groups is 3. The van der Waals surface area contributed by atoms with Gasteiger partial charge < -0.3 is 14.2 Å². The summed E-state index contributed by atoms with van der Waals surface area (Å²) in [5, 5.41) is 0. The summed E-state index contributed by atoms with van der Waals surface area (Å²) >= 11 is 0. The van der Waals surface area contributed by atoms with Gasteiger partial charge in [-0.1, -0.05) is 206 Å². The van der Waals surface area contributed by atoms with Crippen molar-refractivity contribution in [1.82, 2.24) is 0 Å². The normalized spacial score (nSPS) is 13.1. The van der Waals surface area contributed by atoms with Crippen LogP contribution in [0, 0.1) is 0 Å². The molecule has 6 heteroatoms. The third kappa shape index (κ3) is 48.8. The van der Waals surface area contributed by atoms with Crippen molar-refractivity contribution >= 4 is 17.9 Å². The first kappa shape index (κ1) is 59.8. The first-order chi connectivity index (χ1) is 31.5. The first-order valence-corrected chi connectivity index (χ1v) is 25.6. The Labute approximate surface area is 392 Å². The second kappa shape index (κ2) is 51.4. The van der Waals surface area contributed by atoms with Crippen molar-refractivity contribution in [1.29, 1.82) is 0 Å². The van der Waals surface area contributed by atoms with Crippen molar-refractivity contribution in [3.05, 3.63) is 122 Å². The molecule has 1 atom stereocenters. The number of rotatable bonds is 44. The molecule has 0 radical (unpaired) electrons. The molecule has 0 aromatic rings. The van der Waals surface area contributed by atoms with Crippen molar-refractivity contribution in [2.24, 2.45) is 0 Å². The van der Waals surface area contributed by atoms with E-state index in [1.54, 1.807) is 0 Å². The highest BCUT2D eigenvalue weighted by Gasteiger charge is 2.19. The lowest BCUT2D eigenvalue weighted by Gasteiger charge is -2.18. The van der Waals surface area contributed by atoms with Gasteiger partial charge in [0.05, 0.1) is 0 Å². The molecule has 1 unspecified atom stereocenters. The van der Waals surface area contributed by atoms with E-state index in [-0.39, 0.29) is 44.0 Å². The number of hydrogen-bond donors (Lipinski definition) is 0. The van der Waals surface area contributed by atoms with E-state index in [1.807, 2.05) is 6.08 Å². The summed E-state index contributed by atoms with van der Waals surface area (Å²) in [6, 6.07) is 0. The highest BCUT2D eigenvalue weighted by molar-refractivity contribution is 5.71. The van der Waals surface area contributed by atoms with E-state index in [2.05, 4.69) is 136 Å². The Kier molecular flexibility index (Phi) is 48.1. The lowest BCUT2D eigenvalue weighted by Crippen LogP contribution is -2.30. The summed E-state index contributed by atoms with van der Waals surface area (Å²) in [5.41, 5.74) is 0. The molecule has 0 aromatic heterocycles. The standard InChI is InChI=1S/C58H92O6/c1-4-7-10-13-16-19-22-25-27-29-31-33-36-39-42-45-48-51-57(60)63-54-55(53-62-56(59)50-47-44-41-38-35-32-24-21-18-15-12-9-6-3)64-58(61)52-49-46-43-40-37-34-30-28-26-23-20-17-14-11-8-5-2/h7,9-10,12,15-16,18-19,21,24-25,27-28,30-31,33-34,37,39,42,55H,4-6,8,11,13-14,17,20,22-23,26,29,32,35-36,38,40-41,43-54H2,1-3H3/b10-7+,12-9+,18-15+,19-16+,24-21+,27-25+,30-28+,33-31+,37-34+,42-39+. The highest BCUT2D eigenvalue weighted by atomic mass is 16.6. The molecule has 0 fully saturated rings. The van der Waals surface area contributed by atoms with E-state index >= 15 is 0 Å². The van der Waals surface area contributed by atoms with E-state index in [0.717, 1.165) is 109 Å². The predicted molar refractivity (Wildman–Crippen MR) is 274 cm³/mol. The van der Waals surface area contributed by atoms with E-state index in [1.165, 1.54) is 44.9 Å². The zero-order valence-electron chi connectivity index (χ0n) is 41.0. The average Bonchev–Trinajstić information content (AvgIpc) is 3.29. The minimum atomic E-state index is -0.826. The fourth-order valence-electron chi connectivity index (χ4n) is 6.47. The second-order valence-electron chi connectivity index (χ2n) is 16.4. The molecule has 0 N–H and O–H groups in total. The molecule has 0 aromatic carbocycles. The minimum Gasteiger partial charge on any atom is -0.462 e. The highest BCUT2D eigenvalue weighted by Crippen LogP contribution is 2.12. The van der Waals surface area contributed by atoms with Gasteiger partial charge >= 0.3 is 17.9 Å². The summed E-state index contributed by atoms with van der Waals surface area (Å²) in [6.07, 6.45) is 70.5. The SMILES string of the molecule is CC/C=C/C=C/C=C/CCCCCCCC(=O)OCC(COC(=O)CCC/C=C/C/C=C/C/C=C/C/C=C/C/C=C/CC)OC(=O)CCCCC/C=C/C=C/CCCCCCCCC. The number of hydrogen-bond acceptors (Lipinski definition) is 6. The lowest BCUT2D eigenvalue weighted by atomic mass is 10.1. The zero-order valence-corrected chi connectivity index (χ0v) is 41.0. The van der Waals surface area contributed by atoms with Crippen molar-refractivity contribution in [2.75, 3.05) is 13.2 Å². The molecular formula is C58H92O6. The van der Waals surface area contributed by atoms with Crippen LogP contribution in [0.3, 0.4) is 0 Å². The molecule has 0 rings (SSSR count). The van der Waals surface area contributed by atoms with Crippen LogP contribution in [0.5, 0.6) is 0 Å². The van der Waals surface area contributed by atoms with Crippen LogP contribution in [0.4, 0.5) is 0 Å². The molecule has 0 heterocycles. The Bertz CT molecular complexity index is 1390. The van der Waals surface area contributed by atoms with Crippen LogP contribution in [0.25, 0.3) is 0 Å². The van der Waals surface area contributed by atoms with Gasteiger partial charge in [-0.2, -0.15) is 0 Å².